The fourth-order valence-electron chi connectivity index (χ4n) is 2.60. The molecule has 0 radical (unpaired) electrons. The number of hydrogen-bond donors (Lipinski definition) is 1. The lowest BCUT2D eigenvalue weighted by molar-refractivity contribution is 0.396. The highest BCUT2D eigenvalue weighted by molar-refractivity contribution is 6.30. The first kappa shape index (κ1) is 15.9. The Morgan fingerprint density at radius 3 is 2.57 bits per heavy atom. The monoisotopic (exact) mass is 307 g/mol. The molecule has 2 aromatic rings. The van der Waals surface area contributed by atoms with Gasteiger partial charge in [0.1, 0.15) is 5.69 Å². The molecule has 4 nitrogen and oxygen atoms in total. The van der Waals surface area contributed by atoms with Gasteiger partial charge in [-0.2, -0.15) is 5.10 Å². The zero-order valence-electron chi connectivity index (χ0n) is 13.1. The number of methoxy groups -OCH3 is 1. The Hall–Kier alpha value is -1.52. The van der Waals surface area contributed by atoms with Crippen LogP contribution < -0.4 is 10.1 Å². The maximum atomic E-state index is 6.07. The highest BCUT2D eigenvalue weighted by Gasteiger charge is 2.24. The molecule has 0 aliphatic rings. The summed E-state index contributed by atoms with van der Waals surface area (Å²) in [5.41, 5.74) is 3.34. The van der Waals surface area contributed by atoms with Crippen LogP contribution in [-0.2, 0) is 0 Å². The minimum Gasteiger partial charge on any atom is -0.493 e. The van der Waals surface area contributed by atoms with Crippen LogP contribution in [0.15, 0.2) is 24.4 Å². The Labute approximate surface area is 131 Å². The van der Waals surface area contributed by atoms with Gasteiger partial charge in [0, 0.05) is 11.1 Å². The molecule has 114 valence electrons. The number of nitrogens with one attached hydrogen (secondary N) is 1. The second-order valence-corrected chi connectivity index (χ2v) is 5.80. The van der Waals surface area contributed by atoms with Crippen LogP contribution in [0.2, 0.25) is 5.02 Å². The number of hydrogen-bond acceptors (Lipinski definition) is 3. The molecular weight excluding hydrogens is 286 g/mol. The summed E-state index contributed by atoms with van der Waals surface area (Å²) < 4.78 is 7.49. The topological polar surface area (TPSA) is 39.1 Å². The summed E-state index contributed by atoms with van der Waals surface area (Å²) in [6.45, 7) is 6.28. The van der Waals surface area contributed by atoms with Crippen LogP contribution in [0.5, 0.6) is 5.75 Å². The minimum atomic E-state index is 0.00196. The fourth-order valence-corrected chi connectivity index (χ4v) is 2.83. The van der Waals surface area contributed by atoms with Gasteiger partial charge < -0.3 is 10.1 Å². The van der Waals surface area contributed by atoms with E-state index >= 15 is 0 Å². The van der Waals surface area contributed by atoms with E-state index in [1.807, 2.05) is 23.9 Å². The largest absolute Gasteiger partial charge is 0.493 e. The van der Waals surface area contributed by atoms with Crippen molar-refractivity contribution in [3.05, 3.63) is 46.2 Å². The van der Waals surface area contributed by atoms with E-state index in [1.165, 1.54) is 5.56 Å². The second kappa shape index (κ2) is 6.50. The number of halogens is 1. The van der Waals surface area contributed by atoms with Crippen LogP contribution in [0.25, 0.3) is 0 Å². The van der Waals surface area contributed by atoms with Gasteiger partial charge in [-0.05, 0) is 51.1 Å². The van der Waals surface area contributed by atoms with Crippen LogP contribution in [0.4, 0.5) is 0 Å². The molecule has 0 saturated heterocycles. The van der Waals surface area contributed by atoms with Crippen LogP contribution in [-0.4, -0.2) is 23.9 Å². The molecular formula is C16H22ClN3O. The molecule has 0 saturated carbocycles. The van der Waals surface area contributed by atoms with Gasteiger partial charge in [0.15, 0.2) is 5.75 Å². The van der Waals surface area contributed by atoms with Crippen LogP contribution in [0.3, 0.4) is 0 Å². The molecule has 0 fully saturated rings. The van der Waals surface area contributed by atoms with Gasteiger partial charge in [-0.25, -0.2) is 0 Å². The van der Waals surface area contributed by atoms with Gasteiger partial charge in [-0.15, -0.1) is 0 Å². The van der Waals surface area contributed by atoms with Crippen molar-refractivity contribution in [3.63, 3.8) is 0 Å². The smallest absolute Gasteiger partial charge is 0.161 e. The van der Waals surface area contributed by atoms with Crippen molar-refractivity contribution < 1.29 is 4.74 Å². The molecule has 1 atom stereocenters. The number of aryl methyl sites for hydroxylation is 1. The average Bonchev–Trinajstić information content (AvgIpc) is 2.86. The van der Waals surface area contributed by atoms with E-state index in [2.05, 4.69) is 37.3 Å². The first-order chi connectivity index (χ1) is 9.99. The predicted octanol–water partition coefficient (Wildman–Crippen LogP) is 3.74. The minimum absolute atomic E-state index is 0.00196. The quantitative estimate of drug-likeness (QED) is 0.914. The normalized spacial score (nSPS) is 12.7. The summed E-state index contributed by atoms with van der Waals surface area (Å²) in [7, 11) is 3.61. The van der Waals surface area contributed by atoms with Crippen molar-refractivity contribution in [2.24, 2.45) is 0 Å². The van der Waals surface area contributed by atoms with Crippen LogP contribution in [0.1, 0.15) is 42.8 Å². The zero-order valence-corrected chi connectivity index (χ0v) is 13.9. The second-order valence-electron chi connectivity index (χ2n) is 5.36. The molecule has 0 aliphatic heterocycles. The van der Waals surface area contributed by atoms with Crippen LogP contribution >= 0.6 is 11.6 Å². The number of aromatic nitrogens is 2. The van der Waals surface area contributed by atoms with Gasteiger partial charge in [-0.1, -0.05) is 17.7 Å². The van der Waals surface area contributed by atoms with Crippen molar-refractivity contribution in [1.82, 2.24) is 15.1 Å². The summed E-state index contributed by atoms with van der Waals surface area (Å²) >= 11 is 6.07. The molecule has 1 heterocycles. The molecule has 0 amide bonds. The number of benzene rings is 1. The molecule has 1 N–H and O–H groups in total. The molecule has 21 heavy (non-hydrogen) atoms. The van der Waals surface area contributed by atoms with Crippen molar-refractivity contribution >= 4 is 11.6 Å². The van der Waals surface area contributed by atoms with Gasteiger partial charge in [0.05, 0.1) is 19.3 Å². The lowest BCUT2D eigenvalue weighted by Crippen LogP contribution is -2.23. The van der Waals surface area contributed by atoms with Gasteiger partial charge in [-0.3, -0.25) is 4.68 Å². The molecule has 0 bridgehead atoms. The fraction of sp³-hybridized carbons (Fsp3) is 0.438. The van der Waals surface area contributed by atoms with E-state index in [1.54, 1.807) is 13.3 Å². The standard InChI is InChI=1S/C16H22ClN3O/c1-10(2)20-16(14(21-5)9-19-20)15(18-4)13-7-6-12(17)8-11(13)3/h6-10,15,18H,1-5H3. The van der Waals surface area contributed by atoms with E-state index in [9.17, 15) is 0 Å². The van der Waals surface area contributed by atoms with E-state index in [0.29, 0.717) is 0 Å². The summed E-state index contributed by atoms with van der Waals surface area (Å²) in [6.07, 6.45) is 1.77. The molecule has 1 aromatic carbocycles. The summed E-state index contributed by atoms with van der Waals surface area (Å²) in [4.78, 5) is 0. The first-order valence-electron chi connectivity index (χ1n) is 7.04. The number of ether oxygens (including phenoxy) is 1. The predicted molar refractivity (Wildman–Crippen MR) is 86.3 cm³/mol. The number of rotatable bonds is 5. The highest BCUT2D eigenvalue weighted by atomic mass is 35.5. The maximum Gasteiger partial charge on any atom is 0.161 e. The van der Waals surface area contributed by atoms with Gasteiger partial charge in [0.25, 0.3) is 0 Å². The average molecular weight is 308 g/mol. The third-order valence-corrected chi connectivity index (χ3v) is 3.85. The van der Waals surface area contributed by atoms with Crippen molar-refractivity contribution in [1.29, 1.82) is 0 Å². The van der Waals surface area contributed by atoms with E-state index < -0.39 is 0 Å². The lowest BCUT2D eigenvalue weighted by atomic mass is 9.98. The Morgan fingerprint density at radius 1 is 1.33 bits per heavy atom. The Morgan fingerprint density at radius 2 is 2.05 bits per heavy atom. The Balaban J connectivity index is 2.58. The van der Waals surface area contributed by atoms with E-state index in [4.69, 9.17) is 16.3 Å². The highest BCUT2D eigenvalue weighted by Crippen LogP contribution is 2.33. The van der Waals surface area contributed by atoms with Crippen LogP contribution in [0, 0.1) is 6.92 Å². The molecule has 1 aromatic heterocycles. The summed E-state index contributed by atoms with van der Waals surface area (Å²) in [5, 5.41) is 8.57. The summed E-state index contributed by atoms with van der Waals surface area (Å²) in [6, 6.07) is 6.20. The third kappa shape index (κ3) is 3.06. The lowest BCUT2D eigenvalue weighted by Gasteiger charge is -2.23. The van der Waals surface area contributed by atoms with E-state index in [0.717, 1.165) is 22.0 Å². The zero-order chi connectivity index (χ0) is 15.6. The maximum absolute atomic E-state index is 6.07. The van der Waals surface area contributed by atoms with Crippen molar-refractivity contribution in [2.45, 2.75) is 32.9 Å². The SMILES string of the molecule is CNC(c1ccc(Cl)cc1C)c1c(OC)cnn1C(C)C. The van der Waals surface area contributed by atoms with Crippen molar-refractivity contribution in [3.8, 4) is 5.75 Å². The Bertz CT molecular complexity index is 622. The Kier molecular flexibility index (Phi) is 4.91. The van der Waals surface area contributed by atoms with Gasteiger partial charge in [0.2, 0.25) is 0 Å². The molecule has 1 unspecified atom stereocenters. The van der Waals surface area contributed by atoms with Gasteiger partial charge >= 0.3 is 0 Å². The van der Waals surface area contributed by atoms with E-state index in [-0.39, 0.29) is 12.1 Å². The molecule has 2 rings (SSSR count). The third-order valence-electron chi connectivity index (χ3n) is 3.61. The van der Waals surface area contributed by atoms with Crippen molar-refractivity contribution in [2.75, 3.05) is 14.2 Å². The first-order valence-corrected chi connectivity index (χ1v) is 7.42. The molecule has 0 aliphatic carbocycles. The summed E-state index contributed by atoms with van der Waals surface area (Å²) in [5.74, 6) is 0.789. The molecule has 0 spiro atoms. The molecule has 5 heteroatoms. The number of nitrogens with zero attached hydrogens (tertiary/aromatic N) is 2.